The number of anilines is 2. The second kappa shape index (κ2) is 7.93. The topological polar surface area (TPSA) is 93.4 Å². The van der Waals surface area contributed by atoms with Gasteiger partial charge < -0.3 is 15.4 Å². The van der Waals surface area contributed by atoms with Gasteiger partial charge in [-0.3, -0.25) is 0 Å². The summed E-state index contributed by atoms with van der Waals surface area (Å²) >= 11 is 5.84. The van der Waals surface area contributed by atoms with Crippen molar-refractivity contribution >= 4 is 34.7 Å². The summed E-state index contributed by atoms with van der Waals surface area (Å²) in [5.74, 6) is -0.349. The lowest BCUT2D eigenvalue weighted by Crippen LogP contribution is -2.21. The molecule has 0 unspecified atom stereocenters. The monoisotopic (exact) mass is 410 g/mol. The van der Waals surface area contributed by atoms with Gasteiger partial charge in [0.15, 0.2) is 5.65 Å². The Morgan fingerprint density at radius 3 is 2.68 bits per heavy atom. The normalized spacial score (nSPS) is 11.3. The van der Waals surface area contributed by atoms with E-state index < -0.39 is 18.5 Å². The molecule has 8 nitrogen and oxygen atoms in total. The smallest absolute Gasteiger partial charge is 0.388 e. The summed E-state index contributed by atoms with van der Waals surface area (Å²) in [4.78, 5) is 20.5. The van der Waals surface area contributed by atoms with Gasteiger partial charge in [-0.05, 0) is 18.9 Å². The van der Waals surface area contributed by atoms with Crippen LogP contribution in [0.25, 0.3) is 5.65 Å². The number of aromatic nitrogens is 4. The van der Waals surface area contributed by atoms with Gasteiger partial charge in [0.05, 0.1) is 35.7 Å². The molecular weight excluding hydrogens is 394 g/mol. The number of pyridine rings is 1. The summed E-state index contributed by atoms with van der Waals surface area (Å²) in [5, 5.41) is 9.35. The summed E-state index contributed by atoms with van der Waals surface area (Å²) in [7, 11) is 0. The van der Waals surface area contributed by atoms with Crippen molar-refractivity contribution in [2.75, 3.05) is 10.6 Å². The molecule has 0 aliphatic heterocycles. The average molecular weight is 411 g/mol. The Kier molecular flexibility index (Phi) is 5.59. The fraction of sp³-hybridized carbons (Fsp3) is 0.294. The predicted octanol–water partition coefficient (Wildman–Crippen LogP) is 4.45. The molecule has 0 saturated heterocycles. The molecule has 3 aromatic rings. The number of amides is 2. The summed E-state index contributed by atoms with van der Waals surface area (Å²) in [6.07, 6.45) is 4.49. The highest BCUT2D eigenvalue weighted by atomic mass is 35.5. The summed E-state index contributed by atoms with van der Waals surface area (Å²) in [6.45, 7) is 2.77. The highest BCUT2D eigenvalue weighted by molar-refractivity contribution is 6.32. The van der Waals surface area contributed by atoms with Crippen molar-refractivity contribution in [2.24, 2.45) is 0 Å². The van der Waals surface area contributed by atoms with Crippen LogP contribution < -0.4 is 15.4 Å². The molecule has 3 heterocycles. The van der Waals surface area contributed by atoms with Crippen LogP contribution in [0.4, 0.5) is 25.0 Å². The van der Waals surface area contributed by atoms with Crippen LogP contribution in [0.15, 0.2) is 24.7 Å². The molecule has 2 amide bonds. The number of hydrogen-bond acceptors (Lipinski definition) is 5. The van der Waals surface area contributed by atoms with Crippen LogP contribution in [0.3, 0.4) is 0 Å². The Morgan fingerprint density at radius 1 is 1.29 bits per heavy atom. The molecule has 0 aliphatic rings. The lowest BCUT2D eigenvalue weighted by atomic mass is 10.0. The van der Waals surface area contributed by atoms with Crippen molar-refractivity contribution in [1.29, 1.82) is 0 Å². The minimum atomic E-state index is -3.05. The van der Waals surface area contributed by atoms with Crippen LogP contribution in [0, 0.1) is 6.92 Å². The highest BCUT2D eigenvalue weighted by Gasteiger charge is 2.17. The SMILES string of the molecule is Cc1cn2ncc(NC(=O)Nc3cnc(OC(F)F)c(Cl)c3)c(C(C)C)c2n1. The first kappa shape index (κ1) is 19.7. The van der Waals surface area contributed by atoms with E-state index in [-0.39, 0.29) is 16.6 Å². The second-order valence-electron chi connectivity index (χ2n) is 6.25. The Balaban J connectivity index is 1.80. The Bertz CT molecular complexity index is 1020. The van der Waals surface area contributed by atoms with Gasteiger partial charge in [-0.2, -0.15) is 13.9 Å². The average Bonchev–Trinajstić information content (AvgIpc) is 2.96. The van der Waals surface area contributed by atoms with Crippen molar-refractivity contribution in [3.05, 3.63) is 40.9 Å². The standard InChI is InChI=1S/C17H17ClF2N6O2/c1-8(2)13-12(6-22-26-7-9(3)23-14(13)26)25-17(27)24-10-4-11(18)15(21-5-10)28-16(19)20/h4-8,16H,1-3H3,(H2,24,25,27). The molecule has 0 bridgehead atoms. The zero-order valence-electron chi connectivity index (χ0n) is 15.2. The number of fused-ring (bicyclic) bond motifs is 1. The molecule has 2 N–H and O–H groups in total. The Labute approximate surface area is 163 Å². The van der Waals surface area contributed by atoms with E-state index >= 15 is 0 Å². The van der Waals surface area contributed by atoms with E-state index in [0.29, 0.717) is 11.3 Å². The maximum Gasteiger partial charge on any atom is 0.388 e. The number of hydrogen-bond donors (Lipinski definition) is 2. The zero-order chi connectivity index (χ0) is 20.4. The number of aryl methyl sites for hydroxylation is 1. The lowest BCUT2D eigenvalue weighted by molar-refractivity contribution is -0.0527. The highest BCUT2D eigenvalue weighted by Crippen LogP contribution is 2.28. The maximum absolute atomic E-state index is 12.4. The van der Waals surface area contributed by atoms with Crippen LogP contribution in [-0.2, 0) is 0 Å². The van der Waals surface area contributed by atoms with Gasteiger partial charge in [-0.25, -0.2) is 19.3 Å². The van der Waals surface area contributed by atoms with E-state index in [9.17, 15) is 13.6 Å². The van der Waals surface area contributed by atoms with E-state index in [1.807, 2.05) is 20.8 Å². The molecule has 0 radical (unpaired) electrons. The van der Waals surface area contributed by atoms with Gasteiger partial charge in [0.2, 0.25) is 5.88 Å². The molecule has 11 heteroatoms. The zero-order valence-corrected chi connectivity index (χ0v) is 16.0. The van der Waals surface area contributed by atoms with E-state index in [2.05, 4.69) is 30.4 Å². The number of alkyl halides is 2. The second-order valence-corrected chi connectivity index (χ2v) is 6.65. The Hall–Kier alpha value is -3.01. The number of urea groups is 1. The van der Waals surface area contributed by atoms with Crippen molar-refractivity contribution in [1.82, 2.24) is 19.6 Å². The van der Waals surface area contributed by atoms with Gasteiger partial charge in [-0.15, -0.1) is 0 Å². The molecule has 0 fully saturated rings. The van der Waals surface area contributed by atoms with E-state index in [1.165, 1.54) is 12.3 Å². The summed E-state index contributed by atoms with van der Waals surface area (Å²) in [6, 6.07) is 0.686. The minimum Gasteiger partial charge on any atom is -0.415 e. The molecule has 0 atom stereocenters. The predicted molar refractivity (Wildman–Crippen MR) is 100 cm³/mol. The number of imidazole rings is 1. The number of carbonyl (C=O) groups is 1. The fourth-order valence-corrected chi connectivity index (χ4v) is 2.90. The summed E-state index contributed by atoms with van der Waals surface area (Å²) < 4.78 is 30.3. The first-order valence-corrected chi connectivity index (χ1v) is 8.65. The van der Waals surface area contributed by atoms with Crippen LogP contribution in [0.1, 0.15) is 31.0 Å². The number of nitrogens with zero attached hydrogens (tertiary/aromatic N) is 4. The van der Waals surface area contributed by atoms with Gasteiger partial charge in [0, 0.05) is 5.56 Å². The van der Waals surface area contributed by atoms with E-state index in [4.69, 9.17) is 11.6 Å². The first-order valence-electron chi connectivity index (χ1n) is 8.28. The number of carbonyl (C=O) groups excluding carboxylic acids is 1. The number of ether oxygens (including phenoxy) is 1. The number of nitrogens with one attached hydrogen (secondary N) is 2. The molecule has 0 spiro atoms. The van der Waals surface area contributed by atoms with Gasteiger partial charge in [0.25, 0.3) is 0 Å². The van der Waals surface area contributed by atoms with E-state index in [0.717, 1.165) is 17.5 Å². The molecule has 148 valence electrons. The number of halogens is 3. The van der Waals surface area contributed by atoms with Crippen molar-refractivity contribution in [2.45, 2.75) is 33.3 Å². The maximum atomic E-state index is 12.4. The molecule has 0 aliphatic carbocycles. The molecule has 3 aromatic heterocycles. The third kappa shape index (κ3) is 4.28. The molecular formula is C17H17ClF2N6O2. The fourth-order valence-electron chi connectivity index (χ4n) is 2.69. The third-order valence-electron chi connectivity index (χ3n) is 3.74. The quantitative estimate of drug-likeness (QED) is 0.648. The van der Waals surface area contributed by atoms with Gasteiger partial charge >= 0.3 is 12.6 Å². The molecule has 0 aromatic carbocycles. The van der Waals surface area contributed by atoms with Crippen LogP contribution in [-0.4, -0.2) is 32.2 Å². The molecule has 0 saturated carbocycles. The molecule has 3 rings (SSSR count). The van der Waals surface area contributed by atoms with Crippen molar-refractivity contribution in [3.63, 3.8) is 0 Å². The first-order chi connectivity index (χ1) is 13.2. The van der Waals surface area contributed by atoms with Crippen LogP contribution >= 0.6 is 11.6 Å². The number of rotatable bonds is 5. The molecule has 28 heavy (non-hydrogen) atoms. The van der Waals surface area contributed by atoms with Crippen molar-refractivity contribution in [3.8, 4) is 5.88 Å². The minimum absolute atomic E-state index is 0.0736. The van der Waals surface area contributed by atoms with Gasteiger partial charge in [-0.1, -0.05) is 25.4 Å². The van der Waals surface area contributed by atoms with Crippen molar-refractivity contribution < 1.29 is 18.3 Å². The van der Waals surface area contributed by atoms with E-state index in [1.54, 1.807) is 10.7 Å². The summed E-state index contributed by atoms with van der Waals surface area (Å²) in [5.41, 5.74) is 3.00. The Morgan fingerprint density at radius 2 is 2.04 bits per heavy atom. The lowest BCUT2D eigenvalue weighted by Gasteiger charge is -2.15. The van der Waals surface area contributed by atoms with Crippen LogP contribution in [0.5, 0.6) is 5.88 Å². The largest absolute Gasteiger partial charge is 0.415 e. The van der Waals surface area contributed by atoms with Gasteiger partial charge in [0.1, 0.15) is 5.02 Å². The van der Waals surface area contributed by atoms with Crippen LogP contribution in [0.2, 0.25) is 5.02 Å². The third-order valence-corrected chi connectivity index (χ3v) is 4.01.